The van der Waals surface area contributed by atoms with Crippen LogP contribution in [-0.2, 0) is 17.9 Å². The Morgan fingerprint density at radius 1 is 1.04 bits per heavy atom. The van der Waals surface area contributed by atoms with Crippen molar-refractivity contribution in [2.24, 2.45) is 0 Å². The first-order chi connectivity index (χ1) is 11.9. The van der Waals surface area contributed by atoms with Crippen molar-refractivity contribution >= 4 is 12.0 Å². The summed E-state index contributed by atoms with van der Waals surface area (Å²) in [6, 6.07) is 6.83. The number of benzene rings is 2. The van der Waals surface area contributed by atoms with Crippen LogP contribution in [0.15, 0.2) is 36.4 Å². The zero-order valence-electron chi connectivity index (χ0n) is 12.7. The molecule has 0 aliphatic carbocycles. The smallest absolute Gasteiger partial charge is 0.407 e. The maximum absolute atomic E-state index is 13.4. The lowest BCUT2D eigenvalue weighted by Crippen LogP contribution is -2.24. The molecule has 6 nitrogen and oxygen atoms in total. The molecule has 2 amide bonds. The van der Waals surface area contributed by atoms with E-state index in [9.17, 15) is 22.8 Å². The molecule has 132 valence electrons. The van der Waals surface area contributed by atoms with Crippen LogP contribution in [0.25, 0.3) is 0 Å². The van der Waals surface area contributed by atoms with E-state index in [1.165, 1.54) is 29.7 Å². The lowest BCUT2D eigenvalue weighted by Gasteiger charge is -2.09. The van der Waals surface area contributed by atoms with E-state index in [1.807, 2.05) is 0 Å². The van der Waals surface area contributed by atoms with Crippen LogP contribution in [-0.4, -0.2) is 17.2 Å². The Hall–Kier alpha value is -3.07. The Bertz CT molecular complexity index is 758. The molecule has 0 spiro atoms. The third-order valence-electron chi connectivity index (χ3n) is 3.20. The molecular weight excluding hydrogens is 341 g/mol. The molecule has 3 N–H and O–H groups in total. The fourth-order valence-corrected chi connectivity index (χ4v) is 1.92. The first-order valence-electron chi connectivity index (χ1n) is 6.98. The molecule has 0 bridgehead atoms. The van der Waals surface area contributed by atoms with Crippen LogP contribution in [0.3, 0.4) is 0 Å². The summed E-state index contributed by atoms with van der Waals surface area (Å²) < 4.78 is 44.5. The molecule has 0 atom stereocenters. The van der Waals surface area contributed by atoms with Crippen LogP contribution >= 0.6 is 0 Å². The zero-order chi connectivity index (χ0) is 18.4. The van der Waals surface area contributed by atoms with Gasteiger partial charge in [-0.25, -0.2) is 23.4 Å². The molecule has 0 heterocycles. The highest BCUT2D eigenvalue weighted by Gasteiger charge is 2.13. The molecule has 0 aliphatic rings. The summed E-state index contributed by atoms with van der Waals surface area (Å²) in [6.45, 7) is -0.659. The lowest BCUT2D eigenvalue weighted by molar-refractivity contribution is 0.0706. The van der Waals surface area contributed by atoms with Gasteiger partial charge in [0.2, 0.25) is 0 Å². The minimum atomic E-state index is -1.12. The van der Waals surface area contributed by atoms with Crippen LogP contribution in [0, 0.1) is 17.5 Å². The Balaban J connectivity index is 1.86. The maximum atomic E-state index is 13.4. The van der Waals surface area contributed by atoms with E-state index in [0.717, 1.165) is 0 Å². The Morgan fingerprint density at radius 3 is 2.20 bits per heavy atom. The van der Waals surface area contributed by atoms with Crippen LogP contribution in [0.4, 0.5) is 18.0 Å². The van der Waals surface area contributed by atoms with E-state index in [-0.39, 0.29) is 12.2 Å². The van der Waals surface area contributed by atoms with Gasteiger partial charge < -0.3 is 10.1 Å². The third-order valence-corrected chi connectivity index (χ3v) is 3.20. The molecule has 0 saturated heterocycles. The van der Waals surface area contributed by atoms with Crippen LogP contribution in [0.2, 0.25) is 0 Å². The molecule has 25 heavy (non-hydrogen) atoms. The van der Waals surface area contributed by atoms with Gasteiger partial charge in [0.05, 0.1) is 6.54 Å². The summed E-state index contributed by atoms with van der Waals surface area (Å²) in [7, 11) is 0. The predicted octanol–water partition coefficient (Wildman–Crippen LogP) is 2.65. The molecule has 0 radical (unpaired) electrons. The van der Waals surface area contributed by atoms with E-state index >= 15 is 0 Å². The minimum Gasteiger partial charge on any atom is -0.445 e. The molecule has 0 fully saturated rings. The van der Waals surface area contributed by atoms with Crippen molar-refractivity contribution in [2.45, 2.75) is 13.2 Å². The van der Waals surface area contributed by atoms with Gasteiger partial charge in [0.15, 0.2) is 0 Å². The van der Waals surface area contributed by atoms with Gasteiger partial charge in [-0.1, -0.05) is 12.1 Å². The van der Waals surface area contributed by atoms with Gasteiger partial charge in [-0.15, -0.1) is 0 Å². The second kappa shape index (κ2) is 8.15. The Kier molecular flexibility index (Phi) is 5.96. The molecule has 0 saturated carbocycles. The van der Waals surface area contributed by atoms with Crippen LogP contribution in [0.5, 0.6) is 0 Å². The van der Waals surface area contributed by atoms with Crippen molar-refractivity contribution in [1.29, 1.82) is 0 Å². The van der Waals surface area contributed by atoms with Crippen LogP contribution < -0.4 is 10.8 Å². The van der Waals surface area contributed by atoms with Gasteiger partial charge in [0.1, 0.15) is 24.1 Å². The molecule has 2 aromatic rings. The normalized spacial score (nSPS) is 10.2. The average Bonchev–Trinajstić information content (AvgIpc) is 2.58. The van der Waals surface area contributed by atoms with E-state index in [1.54, 1.807) is 0 Å². The largest absolute Gasteiger partial charge is 0.445 e. The van der Waals surface area contributed by atoms with Crippen LogP contribution in [0.1, 0.15) is 21.5 Å². The number of rotatable bonds is 5. The van der Waals surface area contributed by atoms with E-state index in [4.69, 9.17) is 9.94 Å². The summed E-state index contributed by atoms with van der Waals surface area (Å²) in [5.41, 5.74) is 1.74. The summed E-state index contributed by atoms with van der Waals surface area (Å²) in [5.74, 6) is -3.97. The van der Waals surface area contributed by atoms with Crippen molar-refractivity contribution < 1.29 is 32.7 Å². The zero-order valence-corrected chi connectivity index (χ0v) is 12.7. The van der Waals surface area contributed by atoms with Crippen molar-refractivity contribution in [3.05, 3.63) is 70.5 Å². The highest BCUT2D eigenvalue weighted by molar-refractivity contribution is 5.93. The molecule has 0 aromatic heterocycles. The summed E-state index contributed by atoms with van der Waals surface area (Å²) >= 11 is 0. The molecular formula is C16H13F3N2O4. The van der Waals surface area contributed by atoms with E-state index < -0.39 is 41.6 Å². The van der Waals surface area contributed by atoms with Crippen molar-refractivity contribution in [2.75, 3.05) is 0 Å². The van der Waals surface area contributed by atoms with Crippen molar-refractivity contribution in [3.63, 3.8) is 0 Å². The molecule has 9 heteroatoms. The predicted molar refractivity (Wildman–Crippen MR) is 79.0 cm³/mol. The number of ether oxygens (including phenoxy) is 1. The summed E-state index contributed by atoms with van der Waals surface area (Å²) in [4.78, 5) is 22.7. The molecule has 2 aromatic carbocycles. The maximum Gasteiger partial charge on any atom is 0.407 e. The first kappa shape index (κ1) is 18.3. The number of amides is 2. The van der Waals surface area contributed by atoms with Crippen molar-refractivity contribution in [3.8, 4) is 0 Å². The highest BCUT2D eigenvalue weighted by Crippen LogP contribution is 2.14. The first-order valence-corrected chi connectivity index (χ1v) is 6.98. The number of hydrogen-bond acceptors (Lipinski definition) is 4. The van der Waals surface area contributed by atoms with E-state index in [2.05, 4.69) is 5.32 Å². The lowest BCUT2D eigenvalue weighted by atomic mass is 10.1. The quantitative estimate of drug-likeness (QED) is 0.569. The molecule has 0 aliphatic heterocycles. The molecule has 0 unspecified atom stereocenters. The van der Waals surface area contributed by atoms with E-state index in [0.29, 0.717) is 17.7 Å². The number of carbonyl (C=O) groups excluding carboxylic acids is 2. The number of nitrogens with one attached hydrogen (secondary N) is 2. The molecule has 2 rings (SSSR count). The van der Waals surface area contributed by atoms with Gasteiger partial charge in [-0.3, -0.25) is 10.0 Å². The van der Waals surface area contributed by atoms with Gasteiger partial charge in [-0.2, -0.15) is 0 Å². The summed E-state index contributed by atoms with van der Waals surface area (Å²) in [6.07, 6.45) is -0.930. The number of hydroxylamine groups is 1. The second-order valence-electron chi connectivity index (χ2n) is 4.92. The second-order valence-corrected chi connectivity index (χ2v) is 4.92. The van der Waals surface area contributed by atoms with Gasteiger partial charge in [0.25, 0.3) is 5.91 Å². The standard InChI is InChI=1S/C16H13F3N2O4/c17-11-5-13(18)12(14(19)6-11)7-20-16(23)25-8-9-1-3-10(4-2-9)15(22)21-24/h1-6,24H,7-8H2,(H,20,23)(H,21,22). The topological polar surface area (TPSA) is 87.7 Å². The number of carbonyl (C=O) groups is 2. The number of halogens is 3. The fourth-order valence-electron chi connectivity index (χ4n) is 1.92. The number of hydrogen-bond donors (Lipinski definition) is 3. The average molecular weight is 354 g/mol. The monoisotopic (exact) mass is 354 g/mol. The Labute approximate surface area is 140 Å². The number of alkyl carbamates (subject to hydrolysis) is 1. The van der Waals surface area contributed by atoms with Gasteiger partial charge in [0, 0.05) is 23.3 Å². The highest BCUT2D eigenvalue weighted by atomic mass is 19.1. The SMILES string of the molecule is O=C(NCc1c(F)cc(F)cc1F)OCc1ccc(C(=O)NO)cc1. The summed E-state index contributed by atoms with van der Waals surface area (Å²) in [5, 5.41) is 10.6. The van der Waals surface area contributed by atoms with Crippen molar-refractivity contribution in [1.82, 2.24) is 10.8 Å². The van der Waals surface area contributed by atoms with Gasteiger partial charge >= 0.3 is 6.09 Å². The Morgan fingerprint density at radius 2 is 1.64 bits per heavy atom. The minimum absolute atomic E-state index is 0.152. The van der Waals surface area contributed by atoms with Gasteiger partial charge in [-0.05, 0) is 17.7 Å². The third kappa shape index (κ3) is 4.95. The fraction of sp³-hybridized carbons (Fsp3) is 0.125.